The van der Waals surface area contributed by atoms with E-state index in [0.717, 1.165) is 17.7 Å². The monoisotopic (exact) mass is 230 g/mol. The van der Waals surface area contributed by atoms with Crippen LogP contribution in [0.25, 0.3) is 11.2 Å². The van der Waals surface area contributed by atoms with E-state index in [1.807, 2.05) is 12.5 Å². The summed E-state index contributed by atoms with van der Waals surface area (Å²) >= 11 is 0. The Kier molecular flexibility index (Phi) is 2.59. The first-order chi connectivity index (χ1) is 8.25. The molecule has 1 aliphatic rings. The van der Waals surface area contributed by atoms with Crippen molar-refractivity contribution in [1.29, 1.82) is 0 Å². The van der Waals surface area contributed by atoms with Crippen molar-refractivity contribution in [1.82, 2.24) is 19.9 Å². The zero-order chi connectivity index (χ0) is 11.8. The van der Waals surface area contributed by atoms with Gasteiger partial charge in [0, 0.05) is 18.3 Å². The van der Waals surface area contributed by atoms with E-state index in [-0.39, 0.29) is 0 Å². The van der Waals surface area contributed by atoms with Crippen LogP contribution in [0, 0.1) is 0 Å². The van der Waals surface area contributed by atoms with Gasteiger partial charge in [0.15, 0.2) is 5.65 Å². The summed E-state index contributed by atoms with van der Waals surface area (Å²) in [5, 5.41) is 3.49. The topological polar surface area (TPSA) is 42.7 Å². The van der Waals surface area contributed by atoms with Crippen LogP contribution in [0.15, 0.2) is 18.6 Å². The lowest BCUT2D eigenvalue weighted by molar-refractivity contribution is 0.611. The van der Waals surface area contributed by atoms with Crippen molar-refractivity contribution in [3.05, 3.63) is 24.2 Å². The Bertz CT molecular complexity index is 523. The minimum absolute atomic E-state index is 0.406. The lowest BCUT2D eigenvalue weighted by atomic mass is 10.1. The van der Waals surface area contributed by atoms with Crippen molar-refractivity contribution in [2.24, 2.45) is 0 Å². The molecule has 0 aromatic carbocycles. The van der Waals surface area contributed by atoms with Crippen LogP contribution in [0.5, 0.6) is 0 Å². The highest BCUT2D eigenvalue weighted by atomic mass is 15.1. The van der Waals surface area contributed by atoms with Crippen LogP contribution in [-0.4, -0.2) is 21.1 Å². The van der Waals surface area contributed by atoms with Gasteiger partial charge in [-0.25, -0.2) is 9.97 Å². The summed E-state index contributed by atoms with van der Waals surface area (Å²) in [7, 11) is 0. The highest BCUT2D eigenvalue weighted by Crippen LogP contribution is 2.25. The van der Waals surface area contributed by atoms with Gasteiger partial charge < -0.3 is 9.88 Å². The van der Waals surface area contributed by atoms with E-state index in [0.29, 0.717) is 12.1 Å². The van der Waals surface area contributed by atoms with Crippen LogP contribution in [0.3, 0.4) is 0 Å². The van der Waals surface area contributed by atoms with Gasteiger partial charge in [0.25, 0.3) is 0 Å². The molecule has 3 rings (SSSR count). The number of aromatic nitrogens is 3. The van der Waals surface area contributed by atoms with Gasteiger partial charge in [-0.1, -0.05) is 0 Å². The third-order valence-electron chi connectivity index (χ3n) is 3.45. The minimum Gasteiger partial charge on any atom is -0.313 e. The van der Waals surface area contributed by atoms with E-state index < -0.39 is 0 Å². The van der Waals surface area contributed by atoms with Crippen molar-refractivity contribution < 1.29 is 0 Å². The summed E-state index contributed by atoms with van der Waals surface area (Å²) in [5.41, 5.74) is 3.26. The second kappa shape index (κ2) is 4.11. The number of rotatable bonds is 2. The van der Waals surface area contributed by atoms with Gasteiger partial charge in [-0.2, -0.15) is 0 Å². The molecule has 0 aliphatic carbocycles. The maximum Gasteiger partial charge on any atom is 0.160 e. The largest absolute Gasteiger partial charge is 0.313 e. The number of fused-ring (bicyclic) bond motifs is 1. The van der Waals surface area contributed by atoms with Crippen molar-refractivity contribution >= 4 is 11.2 Å². The second-order valence-electron chi connectivity index (χ2n) is 5.01. The van der Waals surface area contributed by atoms with Crippen molar-refractivity contribution in [2.45, 2.75) is 38.8 Å². The molecular formula is C13H18N4. The molecule has 0 saturated carbocycles. The molecule has 17 heavy (non-hydrogen) atoms. The van der Waals surface area contributed by atoms with Gasteiger partial charge in [0.1, 0.15) is 5.52 Å². The molecule has 0 radical (unpaired) electrons. The molecule has 3 heterocycles. The molecule has 0 bridgehead atoms. The van der Waals surface area contributed by atoms with E-state index in [4.69, 9.17) is 0 Å². The van der Waals surface area contributed by atoms with Gasteiger partial charge in [-0.15, -0.1) is 0 Å². The standard InChI is InChI=1S/C13H18N4/c1-9(2)17-8-16-12-6-10(7-15-13(12)17)11-4-3-5-14-11/h6-9,11,14H,3-5H2,1-2H3. The fourth-order valence-corrected chi connectivity index (χ4v) is 2.47. The summed E-state index contributed by atoms with van der Waals surface area (Å²) in [6.45, 7) is 5.41. The molecule has 2 aromatic rings. The molecule has 2 aromatic heterocycles. The molecule has 90 valence electrons. The molecule has 0 spiro atoms. The quantitative estimate of drug-likeness (QED) is 0.861. The Morgan fingerprint density at radius 2 is 2.29 bits per heavy atom. The first-order valence-corrected chi connectivity index (χ1v) is 6.31. The van der Waals surface area contributed by atoms with Crippen LogP contribution in [-0.2, 0) is 0 Å². The molecule has 1 N–H and O–H groups in total. The predicted molar refractivity (Wildman–Crippen MR) is 67.9 cm³/mol. The van der Waals surface area contributed by atoms with Gasteiger partial charge in [0.2, 0.25) is 0 Å². The summed E-state index contributed by atoms with van der Waals surface area (Å²) < 4.78 is 2.11. The number of hydrogen-bond acceptors (Lipinski definition) is 3. The number of imidazole rings is 1. The van der Waals surface area contributed by atoms with Gasteiger partial charge in [-0.3, -0.25) is 0 Å². The Morgan fingerprint density at radius 1 is 1.41 bits per heavy atom. The van der Waals surface area contributed by atoms with Crippen LogP contribution in [0.4, 0.5) is 0 Å². The summed E-state index contributed by atoms with van der Waals surface area (Å²) in [4.78, 5) is 9.01. The average Bonchev–Trinajstić information content (AvgIpc) is 2.97. The van der Waals surface area contributed by atoms with Crippen LogP contribution >= 0.6 is 0 Å². The van der Waals surface area contributed by atoms with E-state index in [1.165, 1.54) is 18.4 Å². The summed E-state index contributed by atoms with van der Waals surface area (Å²) in [6.07, 6.45) is 6.33. The maximum atomic E-state index is 4.57. The highest BCUT2D eigenvalue weighted by molar-refractivity contribution is 5.71. The number of nitrogens with one attached hydrogen (secondary N) is 1. The number of hydrogen-bond donors (Lipinski definition) is 1. The average molecular weight is 230 g/mol. The van der Waals surface area contributed by atoms with Crippen LogP contribution in [0.1, 0.15) is 44.3 Å². The van der Waals surface area contributed by atoms with Gasteiger partial charge in [-0.05, 0) is 44.9 Å². The zero-order valence-corrected chi connectivity index (χ0v) is 10.3. The smallest absolute Gasteiger partial charge is 0.160 e. The molecule has 1 unspecified atom stereocenters. The maximum absolute atomic E-state index is 4.57. The van der Waals surface area contributed by atoms with E-state index >= 15 is 0 Å². The zero-order valence-electron chi connectivity index (χ0n) is 10.3. The normalized spacial score (nSPS) is 20.5. The first kappa shape index (κ1) is 10.7. The van der Waals surface area contributed by atoms with E-state index in [2.05, 4.69) is 39.8 Å². The van der Waals surface area contributed by atoms with E-state index in [9.17, 15) is 0 Å². The molecule has 0 amide bonds. The Hall–Kier alpha value is -1.42. The number of nitrogens with zero attached hydrogens (tertiary/aromatic N) is 3. The molecule has 1 atom stereocenters. The third kappa shape index (κ3) is 1.82. The molecule has 4 heteroatoms. The Morgan fingerprint density at radius 3 is 3.00 bits per heavy atom. The lowest BCUT2D eigenvalue weighted by Crippen LogP contribution is -2.13. The van der Waals surface area contributed by atoms with Crippen molar-refractivity contribution in [2.75, 3.05) is 6.54 Å². The van der Waals surface area contributed by atoms with Crippen molar-refractivity contribution in [3.63, 3.8) is 0 Å². The molecule has 4 nitrogen and oxygen atoms in total. The lowest BCUT2D eigenvalue weighted by Gasteiger charge is -2.11. The molecular weight excluding hydrogens is 212 g/mol. The SMILES string of the molecule is CC(C)n1cnc2cc(C3CCCN3)cnc21. The molecule has 1 saturated heterocycles. The highest BCUT2D eigenvalue weighted by Gasteiger charge is 2.17. The van der Waals surface area contributed by atoms with Gasteiger partial charge in [0.05, 0.1) is 6.33 Å². The Balaban J connectivity index is 2.02. The summed E-state index contributed by atoms with van der Waals surface area (Å²) in [5.74, 6) is 0. The number of pyridine rings is 1. The first-order valence-electron chi connectivity index (χ1n) is 6.31. The fourth-order valence-electron chi connectivity index (χ4n) is 2.47. The minimum atomic E-state index is 0.406. The molecule has 1 fully saturated rings. The third-order valence-corrected chi connectivity index (χ3v) is 3.45. The van der Waals surface area contributed by atoms with E-state index in [1.54, 1.807) is 0 Å². The van der Waals surface area contributed by atoms with Crippen LogP contribution < -0.4 is 5.32 Å². The Labute approximate surface area is 101 Å². The second-order valence-corrected chi connectivity index (χ2v) is 5.01. The van der Waals surface area contributed by atoms with Crippen LogP contribution in [0.2, 0.25) is 0 Å². The van der Waals surface area contributed by atoms with Crippen molar-refractivity contribution in [3.8, 4) is 0 Å². The predicted octanol–water partition coefficient (Wildman–Crippen LogP) is 2.44. The fraction of sp³-hybridized carbons (Fsp3) is 0.538. The molecule has 1 aliphatic heterocycles. The summed E-state index contributed by atoms with van der Waals surface area (Å²) in [6, 6.07) is 3.04. The van der Waals surface area contributed by atoms with Gasteiger partial charge >= 0.3 is 0 Å².